The standard InChI is InChI=1S/C26H26Cl2N2O/c27-23-13-11-20(19-24(23)28)12-14-25(31)29-15-17-30(18-16-29)26(21-7-3-1-4-8-21)22-9-5-2-6-10-22/h1-11,13,19,26H,12,14-18H2. The summed E-state index contributed by atoms with van der Waals surface area (Å²) in [7, 11) is 0. The predicted octanol–water partition coefficient (Wildman–Crippen LogP) is 5.86. The van der Waals surface area contributed by atoms with Crippen LogP contribution < -0.4 is 0 Å². The van der Waals surface area contributed by atoms with E-state index in [0.717, 1.165) is 31.7 Å². The number of benzene rings is 3. The first-order valence-corrected chi connectivity index (χ1v) is 11.4. The number of hydrogen-bond donors (Lipinski definition) is 0. The largest absolute Gasteiger partial charge is 0.340 e. The summed E-state index contributed by atoms with van der Waals surface area (Å²) in [4.78, 5) is 17.3. The minimum Gasteiger partial charge on any atom is -0.340 e. The minimum atomic E-state index is 0.196. The van der Waals surface area contributed by atoms with Crippen molar-refractivity contribution in [3.8, 4) is 0 Å². The molecular weight excluding hydrogens is 427 g/mol. The van der Waals surface area contributed by atoms with E-state index in [0.29, 0.717) is 22.9 Å². The van der Waals surface area contributed by atoms with Crippen molar-refractivity contribution in [1.29, 1.82) is 0 Å². The Kier molecular flexibility index (Phi) is 7.29. The molecule has 0 bridgehead atoms. The van der Waals surface area contributed by atoms with Crippen molar-refractivity contribution in [3.63, 3.8) is 0 Å². The van der Waals surface area contributed by atoms with E-state index in [1.54, 1.807) is 6.07 Å². The number of aryl methyl sites for hydroxylation is 1. The molecule has 1 aliphatic rings. The van der Waals surface area contributed by atoms with E-state index in [9.17, 15) is 4.79 Å². The molecule has 0 aliphatic carbocycles. The number of carbonyl (C=O) groups excluding carboxylic acids is 1. The predicted molar refractivity (Wildman–Crippen MR) is 128 cm³/mol. The Hall–Kier alpha value is -2.33. The molecule has 0 radical (unpaired) electrons. The minimum absolute atomic E-state index is 0.196. The van der Waals surface area contributed by atoms with E-state index >= 15 is 0 Å². The van der Waals surface area contributed by atoms with Crippen molar-refractivity contribution in [1.82, 2.24) is 9.80 Å². The molecule has 5 heteroatoms. The third kappa shape index (κ3) is 5.48. The van der Waals surface area contributed by atoms with Crippen molar-refractivity contribution in [2.75, 3.05) is 26.2 Å². The Morgan fingerprint density at radius 2 is 1.35 bits per heavy atom. The van der Waals surface area contributed by atoms with Crippen LogP contribution in [0.15, 0.2) is 78.9 Å². The topological polar surface area (TPSA) is 23.6 Å². The molecule has 0 unspecified atom stereocenters. The molecule has 1 aliphatic heterocycles. The lowest BCUT2D eigenvalue weighted by atomic mass is 9.96. The van der Waals surface area contributed by atoms with Gasteiger partial charge in [0.1, 0.15) is 0 Å². The molecular formula is C26H26Cl2N2O. The summed E-state index contributed by atoms with van der Waals surface area (Å²) in [6, 6.07) is 27.0. The van der Waals surface area contributed by atoms with E-state index in [1.165, 1.54) is 11.1 Å². The molecule has 0 N–H and O–H groups in total. The van der Waals surface area contributed by atoms with Gasteiger partial charge in [0.15, 0.2) is 0 Å². The molecule has 3 aromatic carbocycles. The molecule has 1 fully saturated rings. The van der Waals surface area contributed by atoms with Gasteiger partial charge < -0.3 is 4.90 Å². The van der Waals surface area contributed by atoms with Gasteiger partial charge in [-0.25, -0.2) is 0 Å². The van der Waals surface area contributed by atoms with Gasteiger partial charge in [-0.2, -0.15) is 0 Å². The first-order valence-electron chi connectivity index (χ1n) is 10.7. The van der Waals surface area contributed by atoms with Crippen LogP contribution in [0.25, 0.3) is 0 Å². The zero-order valence-corrected chi connectivity index (χ0v) is 18.9. The number of piperazine rings is 1. The number of nitrogens with zero attached hydrogens (tertiary/aromatic N) is 2. The number of carbonyl (C=O) groups is 1. The van der Waals surface area contributed by atoms with Gasteiger partial charge in [0.25, 0.3) is 0 Å². The quantitative estimate of drug-likeness (QED) is 0.467. The van der Waals surface area contributed by atoms with Gasteiger partial charge in [-0.3, -0.25) is 9.69 Å². The van der Waals surface area contributed by atoms with Crippen LogP contribution in [0.4, 0.5) is 0 Å². The first kappa shape index (κ1) is 21.9. The van der Waals surface area contributed by atoms with Crippen molar-refractivity contribution in [2.45, 2.75) is 18.9 Å². The van der Waals surface area contributed by atoms with Crippen LogP contribution >= 0.6 is 23.2 Å². The second kappa shape index (κ2) is 10.3. The monoisotopic (exact) mass is 452 g/mol. The van der Waals surface area contributed by atoms with Crippen LogP contribution in [-0.2, 0) is 11.2 Å². The van der Waals surface area contributed by atoms with Crippen molar-refractivity contribution >= 4 is 29.1 Å². The molecule has 4 rings (SSSR count). The smallest absolute Gasteiger partial charge is 0.222 e. The Balaban J connectivity index is 1.38. The molecule has 1 saturated heterocycles. The highest BCUT2D eigenvalue weighted by atomic mass is 35.5. The lowest BCUT2D eigenvalue weighted by molar-refractivity contribution is -0.133. The molecule has 0 spiro atoms. The van der Waals surface area contributed by atoms with Gasteiger partial charge >= 0.3 is 0 Å². The number of amides is 1. The first-order chi connectivity index (χ1) is 15.1. The maximum absolute atomic E-state index is 12.8. The lowest BCUT2D eigenvalue weighted by Gasteiger charge is -2.40. The zero-order chi connectivity index (χ0) is 21.6. The van der Waals surface area contributed by atoms with Crippen LogP contribution in [0, 0.1) is 0 Å². The molecule has 0 saturated carbocycles. The summed E-state index contributed by atoms with van der Waals surface area (Å²) < 4.78 is 0. The number of hydrogen-bond acceptors (Lipinski definition) is 2. The van der Waals surface area contributed by atoms with Gasteiger partial charge in [0.05, 0.1) is 16.1 Å². The highest BCUT2D eigenvalue weighted by molar-refractivity contribution is 6.42. The average Bonchev–Trinajstić information content (AvgIpc) is 2.82. The maximum Gasteiger partial charge on any atom is 0.222 e. The lowest BCUT2D eigenvalue weighted by Crippen LogP contribution is -2.49. The molecule has 160 valence electrons. The second-order valence-electron chi connectivity index (χ2n) is 7.89. The van der Waals surface area contributed by atoms with E-state index in [-0.39, 0.29) is 11.9 Å². The van der Waals surface area contributed by atoms with Crippen molar-refractivity contribution < 1.29 is 4.79 Å². The number of halogens is 2. The van der Waals surface area contributed by atoms with Crippen molar-refractivity contribution in [2.24, 2.45) is 0 Å². The molecule has 0 aromatic heterocycles. The fourth-order valence-electron chi connectivity index (χ4n) is 4.22. The van der Waals surface area contributed by atoms with Crippen LogP contribution in [0.2, 0.25) is 10.0 Å². The summed E-state index contributed by atoms with van der Waals surface area (Å²) in [5.41, 5.74) is 3.61. The zero-order valence-electron chi connectivity index (χ0n) is 17.4. The fraction of sp³-hybridized carbons (Fsp3) is 0.269. The Bertz CT molecular complexity index is 963. The Morgan fingerprint density at radius 3 is 1.90 bits per heavy atom. The molecule has 31 heavy (non-hydrogen) atoms. The third-order valence-corrected chi connectivity index (χ3v) is 6.61. The van der Waals surface area contributed by atoms with Gasteiger partial charge in [0.2, 0.25) is 5.91 Å². The summed E-state index contributed by atoms with van der Waals surface area (Å²) in [5.74, 6) is 0.196. The second-order valence-corrected chi connectivity index (χ2v) is 8.70. The highest BCUT2D eigenvalue weighted by Crippen LogP contribution is 2.29. The average molecular weight is 453 g/mol. The van der Waals surface area contributed by atoms with Crippen LogP contribution in [-0.4, -0.2) is 41.9 Å². The van der Waals surface area contributed by atoms with E-state index in [2.05, 4.69) is 65.6 Å². The van der Waals surface area contributed by atoms with Crippen LogP contribution in [0.1, 0.15) is 29.2 Å². The molecule has 3 nitrogen and oxygen atoms in total. The molecule has 1 heterocycles. The summed E-state index contributed by atoms with van der Waals surface area (Å²) in [6.07, 6.45) is 1.16. The molecule has 3 aromatic rings. The summed E-state index contributed by atoms with van der Waals surface area (Å²) in [5, 5.41) is 1.08. The number of rotatable bonds is 6. The summed E-state index contributed by atoms with van der Waals surface area (Å²) in [6.45, 7) is 3.20. The van der Waals surface area contributed by atoms with E-state index in [1.807, 2.05) is 17.0 Å². The SMILES string of the molecule is O=C(CCc1ccc(Cl)c(Cl)c1)N1CCN(C(c2ccccc2)c2ccccc2)CC1. The van der Waals surface area contributed by atoms with Crippen LogP contribution in [0.3, 0.4) is 0 Å². The maximum atomic E-state index is 12.8. The van der Waals surface area contributed by atoms with Gasteiger partial charge in [-0.15, -0.1) is 0 Å². The molecule has 1 amide bonds. The van der Waals surface area contributed by atoms with Gasteiger partial charge in [-0.05, 0) is 35.2 Å². The van der Waals surface area contributed by atoms with Crippen molar-refractivity contribution in [3.05, 3.63) is 106 Å². The van der Waals surface area contributed by atoms with Gasteiger partial charge in [-0.1, -0.05) is 89.9 Å². The van der Waals surface area contributed by atoms with E-state index in [4.69, 9.17) is 23.2 Å². The van der Waals surface area contributed by atoms with E-state index < -0.39 is 0 Å². The Morgan fingerprint density at radius 1 is 0.774 bits per heavy atom. The Labute approximate surface area is 194 Å². The van der Waals surface area contributed by atoms with Gasteiger partial charge in [0, 0.05) is 32.6 Å². The summed E-state index contributed by atoms with van der Waals surface area (Å²) >= 11 is 12.1. The normalized spacial score (nSPS) is 14.7. The fourth-order valence-corrected chi connectivity index (χ4v) is 4.54. The third-order valence-electron chi connectivity index (χ3n) is 5.87. The highest BCUT2D eigenvalue weighted by Gasteiger charge is 2.27. The molecule has 0 atom stereocenters. The van der Waals surface area contributed by atoms with Crippen LogP contribution in [0.5, 0.6) is 0 Å².